The van der Waals surface area contributed by atoms with E-state index in [2.05, 4.69) is 26.1 Å². The summed E-state index contributed by atoms with van der Waals surface area (Å²) in [4.78, 5) is 0. The molecule has 1 aliphatic rings. The number of hydrogen-bond donors (Lipinski definition) is 1. The van der Waals surface area contributed by atoms with E-state index in [9.17, 15) is 0 Å². The van der Waals surface area contributed by atoms with Gasteiger partial charge in [0.15, 0.2) is 0 Å². The zero-order chi connectivity index (χ0) is 9.73. The van der Waals surface area contributed by atoms with Crippen LogP contribution in [0.15, 0.2) is 0 Å². The Bertz CT molecular complexity index is 136. The van der Waals surface area contributed by atoms with Crippen molar-refractivity contribution in [3.8, 4) is 0 Å². The number of rotatable bonds is 7. The lowest BCUT2D eigenvalue weighted by molar-refractivity contribution is 0.337. The summed E-state index contributed by atoms with van der Waals surface area (Å²) in [5.74, 6) is 0.867. The molecule has 78 valence electrons. The van der Waals surface area contributed by atoms with E-state index in [0.29, 0.717) is 5.41 Å². The van der Waals surface area contributed by atoms with E-state index in [1.54, 1.807) is 0 Å². The fraction of sp³-hybridized carbons (Fsp3) is 1.00. The van der Waals surface area contributed by atoms with Gasteiger partial charge in [-0.15, -0.1) is 0 Å². The van der Waals surface area contributed by atoms with Crippen LogP contribution in [0.1, 0.15) is 52.9 Å². The normalized spacial score (nSPS) is 19.4. The first-order valence-electron chi connectivity index (χ1n) is 5.92. The van der Waals surface area contributed by atoms with E-state index in [4.69, 9.17) is 0 Å². The summed E-state index contributed by atoms with van der Waals surface area (Å²) in [5.41, 5.74) is 0.687. The lowest BCUT2D eigenvalue weighted by atomic mass is 9.92. The molecule has 0 atom stereocenters. The van der Waals surface area contributed by atoms with E-state index in [1.807, 2.05) is 0 Å². The van der Waals surface area contributed by atoms with E-state index < -0.39 is 0 Å². The third-order valence-electron chi connectivity index (χ3n) is 3.55. The van der Waals surface area contributed by atoms with Crippen LogP contribution in [0.5, 0.6) is 0 Å². The van der Waals surface area contributed by atoms with Gasteiger partial charge in [0.1, 0.15) is 0 Å². The fourth-order valence-corrected chi connectivity index (χ4v) is 1.96. The Morgan fingerprint density at radius 1 is 1.23 bits per heavy atom. The molecule has 0 radical (unpaired) electrons. The van der Waals surface area contributed by atoms with Crippen LogP contribution < -0.4 is 5.32 Å². The average Bonchev–Trinajstić information content (AvgIpc) is 2.85. The number of nitrogens with one attached hydrogen (secondary N) is 1. The summed E-state index contributed by atoms with van der Waals surface area (Å²) in [6, 6.07) is 0. The zero-order valence-corrected chi connectivity index (χ0v) is 9.53. The smallest absolute Gasteiger partial charge is 0.00103 e. The molecule has 0 aromatic carbocycles. The van der Waals surface area contributed by atoms with Crippen LogP contribution in [-0.2, 0) is 0 Å². The zero-order valence-electron chi connectivity index (χ0n) is 9.53. The molecule has 0 heterocycles. The second-order valence-corrected chi connectivity index (χ2v) is 4.90. The maximum atomic E-state index is 3.60. The summed E-state index contributed by atoms with van der Waals surface area (Å²) >= 11 is 0. The molecule has 1 heteroatoms. The van der Waals surface area contributed by atoms with Gasteiger partial charge in [-0.3, -0.25) is 0 Å². The van der Waals surface area contributed by atoms with Crippen LogP contribution in [0.2, 0.25) is 0 Å². The van der Waals surface area contributed by atoms with Crippen LogP contribution in [0.4, 0.5) is 0 Å². The number of unbranched alkanes of at least 4 members (excludes halogenated alkanes) is 2. The first-order chi connectivity index (χ1) is 6.21. The van der Waals surface area contributed by atoms with Gasteiger partial charge in [0.2, 0.25) is 0 Å². The van der Waals surface area contributed by atoms with E-state index in [1.165, 1.54) is 45.2 Å². The van der Waals surface area contributed by atoms with Gasteiger partial charge in [-0.05, 0) is 37.1 Å². The van der Waals surface area contributed by atoms with E-state index in [0.717, 1.165) is 5.92 Å². The molecule has 0 aliphatic heterocycles. The standard InChI is InChI=1S/C12H25N/c1-4-5-6-9-13-10-12(7-8-12)11(2)3/h11,13H,4-10H2,1-3H3. The Kier molecular flexibility index (Phi) is 4.24. The van der Waals surface area contributed by atoms with Gasteiger partial charge in [-0.1, -0.05) is 33.6 Å². The van der Waals surface area contributed by atoms with Gasteiger partial charge < -0.3 is 5.32 Å². The van der Waals surface area contributed by atoms with Gasteiger partial charge >= 0.3 is 0 Å². The molecular weight excluding hydrogens is 158 g/mol. The lowest BCUT2D eigenvalue weighted by Gasteiger charge is -2.19. The largest absolute Gasteiger partial charge is 0.316 e. The van der Waals surface area contributed by atoms with Gasteiger partial charge in [-0.25, -0.2) is 0 Å². The molecular formula is C12H25N. The third-order valence-corrected chi connectivity index (χ3v) is 3.55. The molecule has 0 aromatic rings. The van der Waals surface area contributed by atoms with Crippen molar-refractivity contribution in [2.24, 2.45) is 11.3 Å². The molecule has 1 nitrogen and oxygen atoms in total. The Morgan fingerprint density at radius 3 is 2.38 bits per heavy atom. The van der Waals surface area contributed by atoms with Crippen molar-refractivity contribution in [1.82, 2.24) is 5.32 Å². The molecule has 0 spiro atoms. The maximum absolute atomic E-state index is 3.60. The Balaban J connectivity index is 1.99. The van der Waals surface area contributed by atoms with Crippen molar-refractivity contribution in [2.45, 2.75) is 52.9 Å². The Morgan fingerprint density at radius 2 is 1.92 bits per heavy atom. The lowest BCUT2D eigenvalue weighted by Crippen LogP contribution is -2.28. The van der Waals surface area contributed by atoms with Crippen molar-refractivity contribution in [2.75, 3.05) is 13.1 Å². The summed E-state index contributed by atoms with van der Waals surface area (Å²) in [5, 5.41) is 3.60. The molecule has 0 saturated heterocycles. The minimum absolute atomic E-state index is 0.687. The molecule has 1 saturated carbocycles. The number of hydrogen-bond acceptors (Lipinski definition) is 1. The molecule has 1 fully saturated rings. The maximum Gasteiger partial charge on any atom is 0.00103 e. The van der Waals surface area contributed by atoms with Crippen LogP contribution in [0.25, 0.3) is 0 Å². The Labute approximate surface area is 83.3 Å². The molecule has 0 aromatic heterocycles. The highest BCUT2D eigenvalue weighted by atomic mass is 14.9. The van der Waals surface area contributed by atoms with E-state index >= 15 is 0 Å². The van der Waals surface area contributed by atoms with Crippen molar-refractivity contribution in [3.63, 3.8) is 0 Å². The van der Waals surface area contributed by atoms with Crippen molar-refractivity contribution >= 4 is 0 Å². The van der Waals surface area contributed by atoms with Gasteiger partial charge in [0.25, 0.3) is 0 Å². The Hall–Kier alpha value is -0.0400. The van der Waals surface area contributed by atoms with Crippen molar-refractivity contribution < 1.29 is 0 Å². The predicted octanol–water partition coefficient (Wildman–Crippen LogP) is 3.20. The van der Waals surface area contributed by atoms with Crippen molar-refractivity contribution in [1.29, 1.82) is 0 Å². The minimum atomic E-state index is 0.687. The topological polar surface area (TPSA) is 12.0 Å². The molecule has 1 N–H and O–H groups in total. The summed E-state index contributed by atoms with van der Waals surface area (Å²) < 4.78 is 0. The highest BCUT2D eigenvalue weighted by molar-refractivity contribution is 4.96. The summed E-state index contributed by atoms with van der Waals surface area (Å²) in [7, 11) is 0. The van der Waals surface area contributed by atoms with Crippen LogP contribution >= 0.6 is 0 Å². The molecule has 1 rings (SSSR count). The van der Waals surface area contributed by atoms with Crippen LogP contribution in [0, 0.1) is 11.3 Å². The van der Waals surface area contributed by atoms with Gasteiger partial charge in [-0.2, -0.15) is 0 Å². The second kappa shape index (κ2) is 4.99. The highest BCUT2D eigenvalue weighted by Gasteiger charge is 2.44. The summed E-state index contributed by atoms with van der Waals surface area (Å²) in [6.07, 6.45) is 6.96. The van der Waals surface area contributed by atoms with Gasteiger partial charge in [0, 0.05) is 6.54 Å². The van der Waals surface area contributed by atoms with Crippen molar-refractivity contribution in [3.05, 3.63) is 0 Å². The quantitative estimate of drug-likeness (QED) is 0.598. The van der Waals surface area contributed by atoms with Crippen LogP contribution in [-0.4, -0.2) is 13.1 Å². The third kappa shape index (κ3) is 3.30. The predicted molar refractivity (Wildman–Crippen MR) is 58.9 cm³/mol. The molecule has 0 unspecified atom stereocenters. The molecule has 0 amide bonds. The molecule has 0 bridgehead atoms. The SMILES string of the molecule is CCCCCNCC1(C(C)C)CC1. The molecule has 1 aliphatic carbocycles. The van der Waals surface area contributed by atoms with Crippen LogP contribution in [0.3, 0.4) is 0 Å². The van der Waals surface area contributed by atoms with E-state index in [-0.39, 0.29) is 0 Å². The molecule has 13 heavy (non-hydrogen) atoms. The van der Waals surface area contributed by atoms with Gasteiger partial charge in [0.05, 0.1) is 0 Å². The first-order valence-corrected chi connectivity index (χ1v) is 5.92. The average molecular weight is 183 g/mol. The second-order valence-electron chi connectivity index (χ2n) is 4.90. The fourth-order valence-electron chi connectivity index (χ4n) is 1.96. The first kappa shape index (κ1) is 11.0. The minimum Gasteiger partial charge on any atom is -0.316 e. The monoisotopic (exact) mass is 183 g/mol. The summed E-state index contributed by atoms with van der Waals surface area (Å²) in [6.45, 7) is 9.47. The highest BCUT2D eigenvalue weighted by Crippen LogP contribution is 2.51.